The molecule has 0 radical (unpaired) electrons. The molecule has 0 aliphatic carbocycles. The van der Waals surface area contributed by atoms with Crippen LogP contribution in [0.25, 0.3) is 11.2 Å². The molecule has 1 saturated heterocycles. The molecule has 0 amide bonds. The van der Waals surface area contributed by atoms with Crippen molar-refractivity contribution >= 4 is 41.5 Å². The lowest BCUT2D eigenvalue weighted by Gasteiger charge is -2.43. The second-order valence-electron chi connectivity index (χ2n) is 11.3. The fourth-order valence-electron chi connectivity index (χ4n) is 5.50. The highest BCUT2D eigenvalue weighted by Crippen LogP contribution is 2.39. The van der Waals surface area contributed by atoms with Crippen molar-refractivity contribution in [1.29, 1.82) is 0 Å². The zero-order valence-corrected chi connectivity index (χ0v) is 25.5. The van der Waals surface area contributed by atoms with Crippen molar-refractivity contribution in [3.05, 3.63) is 72.3 Å². The van der Waals surface area contributed by atoms with E-state index in [0.29, 0.717) is 12.1 Å². The number of nitrogens with zero attached hydrogens (tertiary/aromatic N) is 4. The Balaban J connectivity index is 1.45. The van der Waals surface area contributed by atoms with Gasteiger partial charge >= 0.3 is 0 Å². The van der Waals surface area contributed by atoms with Gasteiger partial charge in [-0.3, -0.25) is 4.57 Å². The molecule has 11 heteroatoms. The van der Waals surface area contributed by atoms with E-state index < -0.39 is 32.9 Å². The average Bonchev–Trinajstić information content (AvgIpc) is 3.50. The SMILES string of the molecule is CCCCOc1nc(Cl)nc2c1ncn2[C@@H]1O[C@H](CO[Si](c2ccccc2)(c2ccccc2)C(C)(C)C)[C@@H](O)[C@@H]1F. The van der Waals surface area contributed by atoms with E-state index in [2.05, 4.69) is 66.9 Å². The van der Waals surface area contributed by atoms with Gasteiger partial charge in [0.2, 0.25) is 11.2 Å². The second-order valence-corrected chi connectivity index (χ2v) is 15.9. The molecule has 8 nitrogen and oxygen atoms in total. The Labute approximate surface area is 245 Å². The normalized spacial score (nSPS) is 21.4. The summed E-state index contributed by atoms with van der Waals surface area (Å²) < 4.78 is 36.0. The molecule has 0 bridgehead atoms. The van der Waals surface area contributed by atoms with Crippen LogP contribution in [0.2, 0.25) is 10.3 Å². The number of fused-ring (bicyclic) bond motifs is 1. The summed E-state index contributed by atoms with van der Waals surface area (Å²) in [6.07, 6.45) is -2.08. The zero-order valence-electron chi connectivity index (χ0n) is 23.7. The number of aliphatic hydroxyl groups is 1. The lowest BCUT2D eigenvalue weighted by Crippen LogP contribution is -2.67. The van der Waals surface area contributed by atoms with Crippen molar-refractivity contribution in [2.45, 2.75) is 70.2 Å². The first-order chi connectivity index (χ1) is 19.7. The molecule has 1 N–H and O–H groups in total. The molecule has 1 aliphatic rings. The third kappa shape index (κ3) is 5.63. The Morgan fingerprint density at radius 2 is 1.68 bits per heavy atom. The summed E-state index contributed by atoms with van der Waals surface area (Å²) in [4.78, 5) is 12.8. The van der Waals surface area contributed by atoms with Crippen LogP contribution in [0.5, 0.6) is 5.88 Å². The van der Waals surface area contributed by atoms with Crippen molar-refractivity contribution in [3.63, 3.8) is 0 Å². The smallest absolute Gasteiger partial charge is 0.261 e. The van der Waals surface area contributed by atoms with Crippen LogP contribution < -0.4 is 15.1 Å². The van der Waals surface area contributed by atoms with Crippen LogP contribution in [0.4, 0.5) is 4.39 Å². The summed E-state index contributed by atoms with van der Waals surface area (Å²) >= 11 is 6.18. The van der Waals surface area contributed by atoms with Crippen molar-refractivity contribution in [1.82, 2.24) is 19.5 Å². The van der Waals surface area contributed by atoms with Crippen LogP contribution in [-0.4, -0.2) is 64.5 Å². The van der Waals surface area contributed by atoms with Crippen LogP contribution in [-0.2, 0) is 9.16 Å². The number of imidazole rings is 1. The molecule has 4 aromatic rings. The summed E-state index contributed by atoms with van der Waals surface area (Å²) in [6.45, 7) is 8.98. The molecular formula is C30H36ClFN4O4Si. The van der Waals surface area contributed by atoms with E-state index in [1.165, 1.54) is 10.9 Å². The van der Waals surface area contributed by atoms with Gasteiger partial charge in [-0.2, -0.15) is 9.97 Å². The molecule has 5 rings (SSSR count). The van der Waals surface area contributed by atoms with E-state index in [-0.39, 0.29) is 28.5 Å². The van der Waals surface area contributed by atoms with Crippen LogP contribution >= 0.6 is 11.6 Å². The highest BCUT2D eigenvalue weighted by Gasteiger charge is 2.52. The molecule has 4 atom stereocenters. The molecule has 1 fully saturated rings. The van der Waals surface area contributed by atoms with Crippen molar-refractivity contribution < 1.29 is 23.4 Å². The van der Waals surface area contributed by atoms with Gasteiger partial charge in [0.1, 0.15) is 12.2 Å². The number of alkyl halides is 1. The van der Waals surface area contributed by atoms with Gasteiger partial charge in [0.25, 0.3) is 8.32 Å². The molecular weight excluding hydrogens is 563 g/mol. The third-order valence-corrected chi connectivity index (χ3v) is 12.7. The fourth-order valence-corrected chi connectivity index (χ4v) is 10.2. The van der Waals surface area contributed by atoms with Crippen LogP contribution in [0.1, 0.15) is 46.8 Å². The fraction of sp³-hybridized carbons (Fsp3) is 0.433. The van der Waals surface area contributed by atoms with E-state index in [1.54, 1.807) is 0 Å². The molecule has 3 heterocycles. The van der Waals surface area contributed by atoms with E-state index >= 15 is 4.39 Å². The molecule has 2 aromatic carbocycles. The maximum Gasteiger partial charge on any atom is 0.261 e. The Morgan fingerprint density at radius 1 is 1.05 bits per heavy atom. The summed E-state index contributed by atoms with van der Waals surface area (Å²) in [7, 11) is -2.92. The van der Waals surface area contributed by atoms with Crippen molar-refractivity contribution in [2.24, 2.45) is 0 Å². The first-order valence-electron chi connectivity index (χ1n) is 13.9. The number of rotatable bonds is 10. The van der Waals surface area contributed by atoms with Gasteiger partial charge in [-0.15, -0.1) is 0 Å². The van der Waals surface area contributed by atoms with Gasteiger partial charge in [-0.05, 0) is 33.4 Å². The molecule has 218 valence electrons. The molecule has 41 heavy (non-hydrogen) atoms. The Bertz CT molecular complexity index is 1410. The zero-order chi connectivity index (χ0) is 29.2. The first-order valence-corrected chi connectivity index (χ1v) is 16.2. The minimum absolute atomic E-state index is 0.000877. The second kappa shape index (κ2) is 12.1. The summed E-state index contributed by atoms with van der Waals surface area (Å²) in [5, 5.41) is 12.8. The number of hydrogen-bond acceptors (Lipinski definition) is 7. The minimum Gasteiger partial charge on any atom is -0.476 e. The monoisotopic (exact) mass is 598 g/mol. The van der Waals surface area contributed by atoms with E-state index in [0.717, 1.165) is 23.2 Å². The number of ether oxygens (including phenoxy) is 2. The molecule has 0 saturated carbocycles. The number of halogens is 2. The van der Waals surface area contributed by atoms with Crippen LogP contribution in [0.3, 0.4) is 0 Å². The molecule has 1 aliphatic heterocycles. The third-order valence-electron chi connectivity index (χ3n) is 7.55. The van der Waals surface area contributed by atoms with E-state index in [4.69, 9.17) is 25.5 Å². The lowest BCUT2D eigenvalue weighted by atomic mass is 10.1. The summed E-state index contributed by atoms with van der Waals surface area (Å²) in [5.41, 5.74) is 0.618. The van der Waals surface area contributed by atoms with Gasteiger partial charge < -0.3 is 19.0 Å². The highest BCUT2D eigenvalue weighted by molar-refractivity contribution is 6.99. The Morgan fingerprint density at radius 3 is 2.27 bits per heavy atom. The van der Waals surface area contributed by atoms with Crippen LogP contribution in [0.15, 0.2) is 67.0 Å². The maximum atomic E-state index is 15.7. The molecule has 0 spiro atoms. The Hall–Kier alpha value is -2.89. The van der Waals surface area contributed by atoms with E-state index in [1.807, 2.05) is 36.4 Å². The number of unbranched alkanes of at least 4 members (excludes halogenated alkanes) is 1. The van der Waals surface area contributed by atoms with E-state index in [9.17, 15) is 5.11 Å². The minimum atomic E-state index is -2.92. The van der Waals surface area contributed by atoms with Crippen molar-refractivity contribution in [3.8, 4) is 5.88 Å². The van der Waals surface area contributed by atoms with Gasteiger partial charge in [-0.1, -0.05) is 94.8 Å². The van der Waals surface area contributed by atoms with Gasteiger partial charge in [0.15, 0.2) is 23.6 Å². The topological polar surface area (TPSA) is 91.5 Å². The number of benzene rings is 2. The van der Waals surface area contributed by atoms with Crippen LogP contribution in [0, 0.1) is 0 Å². The molecule has 0 unspecified atom stereocenters. The van der Waals surface area contributed by atoms with Crippen molar-refractivity contribution in [2.75, 3.05) is 13.2 Å². The predicted octanol–water partition coefficient (Wildman–Crippen LogP) is 4.83. The largest absolute Gasteiger partial charge is 0.476 e. The number of aromatic nitrogens is 4. The van der Waals surface area contributed by atoms with Gasteiger partial charge in [0.05, 0.1) is 19.5 Å². The number of aliphatic hydroxyl groups excluding tert-OH is 1. The summed E-state index contributed by atoms with van der Waals surface area (Å²) in [5.74, 6) is 0.229. The lowest BCUT2D eigenvalue weighted by molar-refractivity contribution is -0.0428. The Kier molecular flexibility index (Phi) is 8.77. The first kappa shape index (κ1) is 29.6. The number of hydrogen-bond donors (Lipinski definition) is 1. The predicted molar refractivity (Wildman–Crippen MR) is 159 cm³/mol. The summed E-state index contributed by atoms with van der Waals surface area (Å²) in [6, 6.07) is 20.3. The van der Waals surface area contributed by atoms with Gasteiger partial charge in [-0.25, -0.2) is 9.37 Å². The highest BCUT2D eigenvalue weighted by atomic mass is 35.5. The molecule has 2 aromatic heterocycles. The quantitative estimate of drug-likeness (QED) is 0.159. The average molecular weight is 599 g/mol. The maximum absolute atomic E-state index is 15.7. The standard InChI is InChI=1S/C30H36ClFN4O4Si/c1-5-6-17-38-27-24-26(34-29(31)35-27)36(19-33-24)28-23(32)25(37)22(40-28)18-39-41(30(2,3)4,20-13-9-7-10-14-20)21-15-11-8-12-16-21/h7-16,19,22-23,25,28,37H,5-6,17-18H2,1-4H3/t22-,23+,25-,28-/m1/s1. The van der Waals surface area contributed by atoms with Gasteiger partial charge in [0, 0.05) is 0 Å².